The summed E-state index contributed by atoms with van der Waals surface area (Å²) >= 11 is 9.88. The molecule has 0 radical (unpaired) electrons. The Labute approximate surface area is 219 Å². The Bertz CT molecular complexity index is 1520. The highest BCUT2D eigenvalue weighted by Gasteiger charge is 2.22. The summed E-state index contributed by atoms with van der Waals surface area (Å²) in [5, 5.41) is 0.665. The second kappa shape index (κ2) is 9.81. The molecule has 0 bridgehead atoms. The molecule has 0 atom stereocenters. The molecule has 0 aliphatic rings. The number of benzene rings is 5. The summed E-state index contributed by atoms with van der Waals surface area (Å²) in [4.78, 5) is 0. The summed E-state index contributed by atoms with van der Waals surface area (Å²) < 4.78 is 16.4. The third kappa shape index (κ3) is 4.69. The molecule has 0 fully saturated rings. The number of rotatable bonds is 4. The Morgan fingerprint density at radius 3 is 1.97 bits per heavy atom. The number of aryl methyl sites for hydroxylation is 1. The fraction of sp³-hybridized carbons (Fsp3) is 0.0625. The lowest BCUT2D eigenvalue weighted by atomic mass is 9.81. The molecule has 172 valence electrons. The molecule has 5 aromatic rings. The van der Waals surface area contributed by atoms with Gasteiger partial charge in [0, 0.05) is 15.1 Å². The van der Waals surface area contributed by atoms with Crippen LogP contribution in [0.15, 0.2) is 108 Å². The van der Waals surface area contributed by atoms with Gasteiger partial charge in [0.25, 0.3) is 0 Å². The van der Waals surface area contributed by atoms with Gasteiger partial charge in [-0.3, -0.25) is 0 Å². The van der Waals surface area contributed by atoms with E-state index in [1.807, 2.05) is 48.5 Å². The van der Waals surface area contributed by atoms with Crippen LogP contribution in [0.4, 0.5) is 4.39 Å². The van der Waals surface area contributed by atoms with Gasteiger partial charge in [0.05, 0.1) is 0 Å². The van der Waals surface area contributed by atoms with Gasteiger partial charge in [-0.05, 0) is 94.8 Å². The van der Waals surface area contributed by atoms with Gasteiger partial charge in [-0.2, -0.15) is 0 Å². The molecule has 0 N–H and O–H groups in total. The molecule has 0 aliphatic heterocycles. The Morgan fingerprint density at radius 2 is 1.29 bits per heavy atom. The van der Waals surface area contributed by atoms with Crippen molar-refractivity contribution in [3.63, 3.8) is 0 Å². The zero-order chi connectivity index (χ0) is 24.5. The standard InChI is InChI=1S/C32H23BrClF/c1-20-10-12-22(13-11-20)28-19-29(24-6-5-7-25(33)18-24)32(23-14-16-26(34)17-15-23)31(21(28)2)27-8-3-4-9-30(27)35/h3-19H,1-2H3. The fourth-order valence-corrected chi connectivity index (χ4v) is 5.14. The van der Waals surface area contributed by atoms with Crippen LogP contribution in [0.5, 0.6) is 0 Å². The fourth-order valence-electron chi connectivity index (χ4n) is 4.62. The molecule has 0 saturated heterocycles. The number of hydrogen-bond donors (Lipinski definition) is 0. The summed E-state index contributed by atoms with van der Waals surface area (Å²) in [6.45, 7) is 4.17. The predicted octanol–water partition coefficient (Wildman–Crippen LogP) is 10.5. The van der Waals surface area contributed by atoms with Crippen LogP contribution in [0.2, 0.25) is 5.02 Å². The maximum atomic E-state index is 15.4. The van der Waals surface area contributed by atoms with Crippen LogP contribution in [0.25, 0.3) is 44.5 Å². The predicted molar refractivity (Wildman–Crippen MR) is 150 cm³/mol. The first-order valence-electron chi connectivity index (χ1n) is 11.4. The van der Waals surface area contributed by atoms with E-state index in [4.69, 9.17) is 11.6 Å². The molecule has 5 aromatic carbocycles. The second-order valence-electron chi connectivity index (χ2n) is 8.71. The first-order valence-corrected chi connectivity index (χ1v) is 12.6. The molecule has 0 saturated carbocycles. The lowest BCUT2D eigenvalue weighted by Gasteiger charge is -2.23. The van der Waals surface area contributed by atoms with E-state index in [9.17, 15) is 0 Å². The molecule has 0 aromatic heterocycles. The van der Waals surface area contributed by atoms with Crippen LogP contribution < -0.4 is 0 Å². The molecular formula is C32H23BrClF. The van der Waals surface area contributed by atoms with E-state index >= 15 is 4.39 Å². The summed E-state index contributed by atoms with van der Waals surface area (Å²) in [6.07, 6.45) is 0. The second-order valence-corrected chi connectivity index (χ2v) is 10.1. The van der Waals surface area contributed by atoms with Crippen molar-refractivity contribution < 1.29 is 4.39 Å². The zero-order valence-electron chi connectivity index (χ0n) is 19.4. The van der Waals surface area contributed by atoms with Crippen LogP contribution in [0.1, 0.15) is 11.1 Å². The van der Waals surface area contributed by atoms with Gasteiger partial charge < -0.3 is 0 Å². The van der Waals surface area contributed by atoms with Gasteiger partial charge in [0.1, 0.15) is 5.82 Å². The third-order valence-corrected chi connectivity index (χ3v) is 7.11. The highest BCUT2D eigenvalue weighted by atomic mass is 79.9. The molecule has 0 nitrogen and oxygen atoms in total. The van der Waals surface area contributed by atoms with Crippen molar-refractivity contribution in [2.24, 2.45) is 0 Å². The molecule has 5 rings (SSSR count). The normalized spacial score (nSPS) is 11.0. The van der Waals surface area contributed by atoms with Crippen LogP contribution in [-0.4, -0.2) is 0 Å². The Kier molecular flexibility index (Phi) is 6.60. The quantitative estimate of drug-likeness (QED) is 0.212. The van der Waals surface area contributed by atoms with Gasteiger partial charge in [-0.15, -0.1) is 0 Å². The van der Waals surface area contributed by atoms with Crippen molar-refractivity contribution in [2.45, 2.75) is 13.8 Å². The molecule has 35 heavy (non-hydrogen) atoms. The first-order chi connectivity index (χ1) is 16.9. The average molecular weight is 542 g/mol. The van der Waals surface area contributed by atoms with Gasteiger partial charge in [0.15, 0.2) is 0 Å². The molecule has 0 heterocycles. The lowest BCUT2D eigenvalue weighted by Crippen LogP contribution is -1.99. The van der Waals surface area contributed by atoms with Gasteiger partial charge in [0.2, 0.25) is 0 Å². The number of hydrogen-bond acceptors (Lipinski definition) is 0. The van der Waals surface area contributed by atoms with E-state index in [2.05, 4.69) is 72.2 Å². The monoisotopic (exact) mass is 540 g/mol. The molecule has 3 heteroatoms. The van der Waals surface area contributed by atoms with Gasteiger partial charge in [-0.1, -0.05) is 99.8 Å². The van der Waals surface area contributed by atoms with E-state index in [0.717, 1.165) is 49.0 Å². The highest BCUT2D eigenvalue weighted by Crippen LogP contribution is 2.47. The van der Waals surface area contributed by atoms with Crippen molar-refractivity contribution in [1.29, 1.82) is 0 Å². The lowest BCUT2D eigenvalue weighted by molar-refractivity contribution is 0.631. The minimum Gasteiger partial charge on any atom is -0.206 e. The summed E-state index contributed by atoms with van der Waals surface area (Å²) in [6, 6.07) is 33.8. The van der Waals surface area contributed by atoms with Gasteiger partial charge >= 0.3 is 0 Å². The SMILES string of the molecule is Cc1ccc(-c2cc(-c3cccc(Br)c3)c(-c3ccc(Cl)cc3)c(-c3ccccc3F)c2C)cc1. The van der Waals surface area contributed by atoms with Crippen molar-refractivity contribution in [2.75, 3.05) is 0 Å². The van der Waals surface area contributed by atoms with Crippen molar-refractivity contribution in [3.8, 4) is 44.5 Å². The Hall–Kier alpha value is -3.20. The average Bonchev–Trinajstić information content (AvgIpc) is 2.86. The minimum atomic E-state index is -0.243. The molecule has 0 unspecified atom stereocenters. The van der Waals surface area contributed by atoms with Crippen LogP contribution in [0.3, 0.4) is 0 Å². The van der Waals surface area contributed by atoms with E-state index in [1.165, 1.54) is 11.6 Å². The first kappa shape index (κ1) is 23.5. The molecular weight excluding hydrogens is 519 g/mol. The smallest absolute Gasteiger partial charge is 0.131 e. The van der Waals surface area contributed by atoms with Crippen LogP contribution in [-0.2, 0) is 0 Å². The van der Waals surface area contributed by atoms with E-state index in [1.54, 1.807) is 6.07 Å². The maximum Gasteiger partial charge on any atom is 0.131 e. The third-order valence-electron chi connectivity index (χ3n) is 6.36. The Balaban J connectivity index is 1.95. The zero-order valence-corrected chi connectivity index (χ0v) is 21.8. The maximum absolute atomic E-state index is 15.4. The minimum absolute atomic E-state index is 0.243. The summed E-state index contributed by atoms with van der Waals surface area (Å²) in [7, 11) is 0. The van der Waals surface area contributed by atoms with Crippen molar-refractivity contribution in [3.05, 3.63) is 130 Å². The molecule has 0 spiro atoms. The van der Waals surface area contributed by atoms with Crippen LogP contribution in [0, 0.1) is 19.7 Å². The van der Waals surface area contributed by atoms with Gasteiger partial charge in [-0.25, -0.2) is 4.39 Å². The topological polar surface area (TPSA) is 0 Å². The van der Waals surface area contributed by atoms with Crippen LogP contribution >= 0.6 is 27.5 Å². The molecule has 0 aliphatic carbocycles. The summed E-state index contributed by atoms with van der Waals surface area (Å²) in [5.41, 5.74) is 9.94. The largest absolute Gasteiger partial charge is 0.206 e. The van der Waals surface area contributed by atoms with Crippen molar-refractivity contribution in [1.82, 2.24) is 0 Å². The molecule has 0 amide bonds. The Morgan fingerprint density at radius 1 is 0.600 bits per heavy atom. The van der Waals surface area contributed by atoms with E-state index < -0.39 is 0 Å². The highest BCUT2D eigenvalue weighted by molar-refractivity contribution is 9.10. The van der Waals surface area contributed by atoms with E-state index in [0.29, 0.717) is 10.6 Å². The summed E-state index contributed by atoms with van der Waals surface area (Å²) in [5.74, 6) is -0.243. The number of halogens is 3. The van der Waals surface area contributed by atoms with E-state index in [-0.39, 0.29) is 5.82 Å². The van der Waals surface area contributed by atoms with Crippen molar-refractivity contribution >= 4 is 27.5 Å².